The predicted octanol–water partition coefficient (Wildman–Crippen LogP) is 3.02. The van der Waals surface area contributed by atoms with Crippen molar-refractivity contribution in [3.63, 3.8) is 0 Å². The van der Waals surface area contributed by atoms with Crippen LogP contribution in [0.4, 0.5) is 18.9 Å². The zero-order valence-corrected chi connectivity index (χ0v) is 11.4. The van der Waals surface area contributed by atoms with Gasteiger partial charge in [0.05, 0.1) is 15.6 Å². The van der Waals surface area contributed by atoms with E-state index in [2.05, 4.69) is 0 Å². The Balaban J connectivity index is 3.37. The quantitative estimate of drug-likeness (QED) is 0.472. The second-order valence-electron chi connectivity index (χ2n) is 3.80. The molecule has 0 aliphatic rings. The molecule has 0 atom stereocenters. The molecule has 0 fully saturated rings. The summed E-state index contributed by atoms with van der Waals surface area (Å²) in [5.41, 5.74) is -2.77. The minimum atomic E-state index is -5.01. The summed E-state index contributed by atoms with van der Waals surface area (Å²) in [5.74, 6) is -0.385. The van der Waals surface area contributed by atoms with E-state index in [0.29, 0.717) is 6.07 Å². The summed E-state index contributed by atoms with van der Waals surface area (Å²) >= 11 is 5.33. The van der Waals surface area contributed by atoms with Gasteiger partial charge in [0.1, 0.15) is 5.56 Å². The van der Waals surface area contributed by atoms with Crippen LogP contribution in [0.25, 0.3) is 0 Å². The van der Waals surface area contributed by atoms with Crippen LogP contribution in [-0.4, -0.2) is 25.0 Å². The molecule has 1 aromatic rings. The summed E-state index contributed by atoms with van der Waals surface area (Å²) in [6, 6.07) is 1.61. The van der Waals surface area contributed by atoms with Crippen LogP contribution in [0.5, 0.6) is 0 Å². The van der Waals surface area contributed by atoms with Crippen molar-refractivity contribution in [2.75, 3.05) is 11.6 Å². The molecule has 10 heteroatoms. The molecule has 5 nitrogen and oxygen atoms in total. The van der Waals surface area contributed by atoms with Gasteiger partial charge in [-0.15, -0.1) is 11.6 Å². The highest BCUT2D eigenvalue weighted by Crippen LogP contribution is 2.37. The maximum absolute atomic E-state index is 12.7. The Hall–Kier alpha value is -1.35. The molecule has 0 saturated carbocycles. The summed E-state index contributed by atoms with van der Waals surface area (Å²) in [6.07, 6.45) is -4.94. The van der Waals surface area contributed by atoms with Gasteiger partial charge >= 0.3 is 6.18 Å². The summed E-state index contributed by atoms with van der Waals surface area (Å²) in [6.45, 7) is 0. The number of nitrogens with zero attached hydrogens (tertiary/aromatic N) is 1. The molecule has 0 aromatic heterocycles. The van der Waals surface area contributed by atoms with Crippen LogP contribution in [-0.2, 0) is 16.0 Å². The van der Waals surface area contributed by atoms with E-state index in [0.717, 1.165) is 6.07 Å². The van der Waals surface area contributed by atoms with Crippen molar-refractivity contribution in [2.24, 2.45) is 0 Å². The van der Waals surface area contributed by atoms with Gasteiger partial charge in [-0.3, -0.25) is 10.1 Å². The molecule has 0 radical (unpaired) electrons. The van der Waals surface area contributed by atoms with Gasteiger partial charge in [0.2, 0.25) is 0 Å². The zero-order chi connectivity index (χ0) is 15.6. The zero-order valence-electron chi connectivity index (χ0n) is 9.85. The molecule has 0 bridgehead atoms. The first-order valence-corrected chi connectivity index (χ1v) is 7.42. The monoisotopic (exact) mass is 331 g/mol. The standard InChI is InChI=1S/C10H9ClF3NO4S/c11-4-1-5-20(18,19)7-2-3-9(15(16)17)8(6-7)10(12,13)14/h2-3,6H,1,4-5H2. The third-order valence-corrected chi connectivity index (χ3v) is 4.44. The van der Waals surface area contributed by atoms with E-state index in [4.69, 9.17) is 11.6 Å². The molecule has 1 rings (SSSR count). The van der Waals surface area contributed by atoms with E-state index in [1.54, 1.807) is 0 Å². The van der Waals surface area contributed by atoms with Gasteiger partial charge in [-0.1, -0.05) is 0 Å². The number of nitro groups is 1. The van der Waals surface area contributed by atoms with Crippen molar-refractivity contribution in [1.82, 2.24) is 0 Å². The lowest BCUT2D eigenvalue weighted by molar-refractivity contribution is -0.388. The lowest BCUT2D eigenvalue weighted by Gasteiger charge is -2.10. The first-order valence-electron chi connectivity index (χ1n) is 5.24. The lowest BCUT2D eigenvalue weighted by atomic mass is 10.2. The summed E-state index contributed by atoms with van der Waals surface area (Å²) in [7, 11) is -3.95. The lowest BCUT2D eigenvalue weighted by Crippen LogP contribution is -2.13. The Morgan fingerprint density at radius 1 is 1.30 bits per heavy atom. The molecule has 0 unspecified atom stereocenters. The van der Waals surface area contributed by atoms with Crippen LogP contribution in [0.1, 0.15) is 12.0 Å². The van der Waals surface area contributed by atoms with E-state index in [1.165, 1.54) is 0 Å². The number of alkyl halides is 4. The number of hydrogen-bond acceptors (Lipinski definition) is 4. The maximum Gasteiger partial charge on any atom is 0.423 e. The molecule has 0 aliphatic carbocycles. The van der Waals surface area contributed by atoms with Gasteiger partial charge < -0.3 is 0 Å². The maximum atomic E-state index is 12.7. The van der Waals surface area contributed by atoms with Crippen LogP contribution in [0.2, 0.25) is 0 Å². The molecule has 20 heavy (non-hydrogen) atoms. The number of halogens is 4. The van der Waals surface area contributed by atoms with Crippen molar-refractivity contribution in [1.29, 1.82) is 0 Å². The summed E-state index contributed by atoms with van der Waals surface area (Å²) in [5, 5.41) is 10.5. The Labute approximate surface area is 117 Å². The molecule has 0 heterocycles. The number of rotatable bonds is 5. The largest absolute Gasteiger partial charge is 0.423 e. The molecule has 1 aromatic carbocycles. The molecule has 112 valence electrons. The van der Waals surface area contributed by atoms with Crippen molar-refractivity contribution >= 4 is 27.1 Å². The molecule has 0 spiro atoms. The predicted molar refractivity (Wildman–Crippen MR) is 65.5 cm³/mol. The van der Waals surface area contributed by atoms with Crippen molar-refractivity contribution in [3.8, 4) is 0 Å². The number of hydrogen-bond donors (Lipinski definition) is 0. The first-order chi connectivity index (χ1) is 9.09. The Bertz CT molecular complexity index is 615. The van der Waals surface area contributed by atoms with Crippen LogP contribution >= 0.6 is 11.6 Å². The van der Waals surface area contributed by atoms with E-state index >= 15 is 0 Å². The highest BCUT2D eigenvalue weighted by molar-refractivity contribution is 7.91. The molecule has 0 saturated heterocycles. The molecule has 0 aliphatic heterocycles. The van der Waals surface area contributed by atoms with Gasteiger partial charge in [0.15, 0.2) is 9.84 Å². The normalized spacial score (nSPS) is 12.4. The highest BCUT2D eigenvalue weighted by Gasteiger charge is 2.39. The van der Waals surface area contributed by atoms with Crippen molar-refractivity contribution in [3.05, 3.63) is 33.9 Å². The number of sulfone groups is 1. The van der Waals surface area contributed by atoms with Crippen molar-refractivity contribution in [2.45, 2.75) is 17.5 Å². The minimum absolute atomic E-state index is 0.0400. The van der Waals surface area contributed by atoms with Crippen molar-refractivity contribution < 1.29 is 26.5 Å². The van der Waals surface area contributed by atoms with Crippen LogP contribution in [0, 0.1) is 10.1 Å². The van der Waals surface area contributed by atoms with E-state index in [-0.39, 0.29) is 18.4 Å². The Morgan fingerprint density at radius 2 is 1.90 bits per heavy atom. The fraction of sp³-hybridized carbons (Fsp3) is 0.400. The molecular formula is C10H9ClF3NO4S. The highest BCUT2D eigenvalue weighted by atomic mass is 35.5. The fourth-order valence-electron chi connectivity index (χ4n) is 1.46. The smallest absolute Gasteiger partial charge is 0.258 e. The van der Waals surface area contributed by atoms with Gasteiger partial charge in [-0.2, -0.15) is 13.2 Å². The third-order valence-electron chi connectivity index (χ3n) is 2.38. The Kier molecular flexibility index (Phi) is 4.98. The van der Waals surface area contributed by atoms with Crippen LogP contribution < -0.4 is 0 Å². The topological polar surface area (TPSA) is 77.3 Å². The van der Waals surface area contributed by atoms with Gasteiger partial charge in [-0.25, -0.2) is 8.42 Å². The van der Waals surface area contributed by atoms with Crippen LogP contribution in [0.3, 0.4) is 0 Å². The first kappa shape index (κ1) is 16.7. The van der Waals surface area contributed by atoms with Gasteiger partial charge in [0, 0.05) is 11.9 Å². The number of benzene rings is 1. The second kappa shape index (κ2) is 5.96. The fourth-order valence-corrected chi connectivity index (χ4v) is 3.08. The molecular weight excluding hydrogens is 323 g/mol. The summed E-state index contributed by atoms with van der Waals surface area (Å²) < 4.78 is 61.6. The van der Waals surface area contributed by atoms with Gasteiger partial charge in [-0.05, 0) is 18.6 Å². The number of nitro benzene ring substituents is 1. The SMILES string of the molecule is O=[N+]([O-])c1ccc(S(=O)(=O)CCCCl)cc1C(F)(F)F. The van der Waals surface area contributed by atoms with E-state index in [9.17, 15) is 31.7 Å². The van der Waals surface area contributed by atoms with E-state index < -0.39 is 42.8 Å². The Morgan fingerprint density at radius 3 is 2.35 bits per heavy atom. The van der Waals surface area contributed by atoms with Crippen LogP contribution in [0.15, 0.2) is 23.1 Å². The third kappa shape index (κ3) is 3.83. The van der Waals surface area contributed by atoms with Gasteiger partial charge in [0.25, 0.3) is 5.69 Å². The average molecular weight is 332 g/mol. The second-order valence-corrected chi connectivity index (χ2v) is 6.28. The average Bonchev–Trinajstić information content (AvgIpc) is 2.34. The molecule has 0 N–H and O–H groups in total. The summed E-state index contributed by atoms with van der Waals surface area (Å²) in [4.78, 5) is 8.72. The minimum Gasteiger partial charge on any atom is -0.258 e. The molecule has 0 amide bonds. The van der Waals surface area contributed by atoms with E-state index in [1.807, 2.05) is 0 Å².